The standard InChI is InChI=1S/C18H18N2O3S/c1-3-22-14-7-8-15-16(10-14)24-18(19-15)20-17(21)11-23-13-6-4-5-12(2)9-13/h4-10H,3,11H2,1-2H3,(H,19,20,21). The molecule has 0 unspecified atom stereocenters. The van der Waals surface area contributed by atoms with Crippen molar-refractivity contribution in [1.82, 2.24) is 4.98 Å². The van der Waals surface area contributed by atoms with Gasteiger partial charge >= 0.3 is 0 Å². The van der Waals surface area contributed by atoms with E-state index < -0.39 is 0 Å². The Bertz CT molecular complexity index is 860. The zero-order chi connectivity index (χ0) is 16.9. The normalized spacial score (nSPS) is 10.6. The van der Waals surface area contributed by atoms with Gasteiger partial charge in [0, 0.05) is 0 Å². The van der Waals surface area contributed by atoms with Crippen LogP contribution in [0.5, 0.6) is 11.5 Å². The molecule has 0 aliphatic heterocycles. The van der Waals surface area contributed by atoms with E-state index in [2.05, 4.69) is 10.3 Å². The molecule has 0 bridgehead atoms. The molecular formula is C18H18N2O3S. The SMILES string of the molecule is CCOc1ccc2nc(NC(=O)COc3cccc(C)c3)sc2c1. The molecule has 0 saturated heterocycles. The molecule has 1 amide bonds. The molecule has 24 heavy (non-hydrogen) atoms. The number of carbonyl (C=O) groups is 1. The Labute approximate surface area is 144 Å². The van der Waals surface area contributed by atoms with Gasteiger partial charge in [0.2, 0.25) is 0 Å². The average molecular weight is 342 g/mol. The first-order chi connectivity index (χ1) is 11.6. The predicted octanol–water partition coefficient (Wildman–Crippen LogP) is 4.02. The monoisotopic (exact) mass is 342 g/mol. The summed E-state index contributed by atoms with van der Waals surface area (Å²) < 4.78 is 11.9. The van der Waals surface area contributed by atoms with Gasteiger partial charge in [-0.2, -0.15) is 0 Å². The molecule has 0 saturated carbocycles. The Morgan fingerprint density at radius 3 is 2.79 bits per heavy atom. The van der Waals surface area contributed by atoms with E-state index in [-0.39, 0.29) is 12.5 Å². The molecule has 3 rings (SSSR count). The second-order valence-electron chi connectivity index (χ2n) is 5.23. The minimum atomic E-state index is -0.236. The Kier molecular flexibility index (Phi) is 4.96. The number of anilines is 1. The van der Waals surface area contributed by atoms with Crippen molar-refractivity contribution < 1.29 is 14.3 Å². The highest BCUT2D eigenvalue weighted by Gasteiger charge is 2.09. The van der Waals surface area contributed by atoms with Crippen LogP contribution in [-0.4, -0.2) is 24.1 Å². The van der Waals surface area contributed by atoms with Crippen molar-refractivity contribution in [2.45, 2.75) is 13.8 Å². The van der Waals surface area contributed by atoms with Crippen LogP contribution >= 0.6 is 11.3 Å². The summed E-state index contributed by atoms with van der Waals surface area (Å²) in [6.45, 7) is 4.48. The number of aryl methyl sites for hydroxylation is 1. The van der Waals surface area contributed by atoms with Crippen molar-refractivity contribution in [2.75, 3.05) is 18.5 Å². The van der Waals surface area contributed by atoms with Crippen LogP contribution in [0.15, 0.2) is 42.5 Å². The molecule has 1 N–H and O–H groups in total. The number of aromatic nitrogens is 1. The van der Waals surface area contributed by atoms with E-state index >= 15 is 0 Å². The minimum Gasteiger partial charge on any atom is -0.494 e. The molecule has 5 nitrogen and oxygen atoms in total. The third kappa shape index (κ3) is 4.02. The molecule has 6 heteroatoms. The maximum atomic E-state index is 12.0. The van der Waals surface area contributed by atoms with E-state index in [1.54, 1.807) is 0 Å². The zero-order valence-corrected chi connectivity index (χ0v) is 14.4. The summed E-state index contributed by atoms with van der Waals surface area (Å²) in [4.78, 5) is 16.4. The topological polar surface area (TPSA) is 60.5 Å². The van der Waals surface area contributed by atoms with E-state index in [1.165, 1.54) is 11.3 Å². The lowest BCUT2D eigenvalue weighted by atomic mass is 10.2. The van der Waals surface area contributed by atoms with Crippen LogP contribution < -0.4 is 14.8 Å². The summed E-state index contributed by atoms with van der Waals surface area (Å²) in [6, 6.07) is 13.3. The number of nitrogens with one attached hydrogen (secondary N) is 1. The van der Waals surface area contributed by atoms with Gasteiger partial charge in [-0.15, -0.1) is 0 Å². The van der Waals surface area contributed by atoms with Crippen LogP contribution in [0, 0.1) is 6.92 Å². The molecule has 0 aliphatic rings. The number of hydrogen-bond acceptors (Lipinski definition) is 5. The van der Waals surface area contributed by atoms with Gasteiger partial charge in [0.25, 0.3) is 5.91 Å². The lowest BCUT2D eigenvalue weighted by molar-refractivity contribution is -0.118. The second kappa shape index (κ2) is 7.31. The molecule has 1 heterocycles. The molecule has 0 radical (unpaired) electrons. The van der Waals surface area contributed by atoms with Crippen LogP contribution in [0.25, 0.3) is 10.2 Å². The average Bonchev–Trinajstić information content (AvgIpc) is 2.95. The number of hydrogen-bond donors (Lipinski definition) is 1. The zero-order valence-electron chi connectivity index (χ0n) is 13.5. The molecular weight excluding hydrogens is 324 g/mol. The second-order valence-corrected chi connectivity index (χ2v) is 6.27. The number of nitrogens with zero attached hydrogens (tertiary/aromatic N) is 1. The van der Waals surface area contributed by atoms with Crippen molar-refractivity contribution >= 4 is 32.6 Å². The Hall–Kier alpha value is -2.60. The van der Waals surface area contributed by atoms with Gasteiger partial charge in [-0.3, -0.25) is 10.1 Å². The first-order valence-corrected chi connectivity index (χ1v) is 8.48. The van der Waals surface area contributed by atoms with Crippen LogP contribution in [-0.2, 0) is 4.79 Å². The molecule has 0 atom stereocenters. The quantitative estimate of drug-likeness (QED) is 0.735. The summed E-state index contributed by atoms with van der Waals surface area (Å²) in [5.74, 6) is 1.24. The largest absolute Gasteiger partial charge is 0.494 e. The molecule has 0 spiro atoms. The molecule has 3 aromatic rings. The molecule has 2 aromatic carbocycles. The predicted molar refractivity (Wildman–Crippen MR) is 96.1 cm³/mol. The van der Waals surface area contributed by atoms with Gasteiger partial charge in [0.1, 0.15) is 11.5 Å². The van der Waals surface area contributed by atoms with E-state index in [4.69, 9.17) is 9.47 Å². The lowest BCUT2D eigenvalue weighted by Gasteiger charge is -2.06. The summed E-state index contributed by atoms with van der Waals surface area (Å²) in [5, 5.41) is 3.32. The summed E-state index contributed by atoms with van der Waals surface area (Å²) in [5.41, 5.74) is 1.92. The van der Waals surface area contributed by atoms with E-state index in [0.717, 1.165) is 21.5 Å². The number of amides is 1. The van der Waals surface area contributed by atoms with Gasteiger partial charge in [-0.1, -0.05) is 23.5 Å². The van der Waals surface area contributed by atoms with E-state index in [9.17, 15) is 4.79 Å². The van der Waals surface area contributed by atoms with Crippen LogP contribution in [0.3, 0.4) is 0 Å². The van der Waals surface area contributed by atoms with Crippen molar-refractivity contribution in [2.24, 2.45) is 0 Å². The fraction of sp³-hybridized carbons (Fsp3) is 0.222. The van der Waals surface area contributed by atoms with Crippen LogP contribution in [0.1, 0.15) is 12.5 Å². The number of thiazole rings is 1. The van der Waals surface area contributed by atoms with Crippen LogP contribution in [0.4, 0.5) is 5.13 Å². The number of fused-ring (bicyclic) bond motifs is 1. The number of benzene rings is 2. The number of rotatable bonds is 6. The van der Waals surface area contributed by atoms with Gasteiger partial charge < -0.3 is 9.47 Å². The third-order valence-corrected chi connectivity index (χ3v) is 4.21. The molecule has 1 aromatic heterocycles. The summed E-state index contributed by atoms with van der Waals surface area (Å²) in [7, 11) is 0. The van der Waals surface area contributed by atoms with Crippen molar-refractivity contribution in [3.05, 3.63) is 48.0 Å². The van der Waals surface area contributed by atoms with E-state index in [1.807, 2.05) is 56.3 Å². The summed E-state index contributed by atoms with van der Waals surface area (Å²) in [6.07, 6.45) is 0. The van der Waals surface area contributed by atoms with Crippen molar-refractivity contribution in [3.63, 3.8) is 0 Å². The molecule has 0 aliphatic carbocycles. The van der Waals surface area contributed by atoms with Crippen LogP contribution in [0.2, 0.25) is 0 Å². The van der Waals surface area contributed by atoms with Gasteiger partial charge in [0.05, 0.1) is 16.8 Å². The molecule has 0 fully saturated rings. The Morgan fingerprint density at radius 1 is 1.17 bits per heavy atom. The Balaban J connectivity index is 1.62. The van der Waals surface area contributed by atoms with Gasteiger partial charge in [-0.25, -0.2) is 4.98 Å². The van der Waals surface area contributed by atoms with Crippen molar-refractivity contribution in [1.29, 1.82) is 0 Å². The fourth-order valence-corrected chi connectivity index (χ4v) is 3.13. The maximum Gasteiger partial charge on any atom is 0.264 e. The number of carbonyl (C=O) groups excluding carboxylic acids is 1. The lowest BCUT2D eigenvalue weighted by Crippen LogP contribution is -2.20. The smallest absolute Gasteiger partial charge is 0.264 e. The highest BCUT2D eigenvalue weighted by Crippen LogP contribution is 2.29. The van der Waals surface area contributed by atoms with Crippen molar-refractivity contribution in [3.8, 4) is 11.5 Å². The van der Waals surface area contributed by atoms with Gasteiger partial charge in [-0.05, 0) is 49.7 Å². The first-order valence-electron chi connectivity index (χ1n) is 7.67. The minimum absolute atomic E-state index is 0.0520. The maximum absolute atomic E-state index is 12.0. The first kappa shape index (κ1) is 16.3. The van der Waals surface area contributed by atoms with Gasteiger partial charge in [0.15, 0.2) is 11.7 Å². The Morgan fingerprint density at radius 2 is 2.00 bits per heavy atom. The summed E-state index contributed by atoms with van der Waals surface area (Å²) >= 11 is 1.41. The third-order valence-electron chi connectivity index (χ3n) is 3.28. The number of ether oxygens (including phenoxy) is 2. The molecule has 124 valence electrons. The highest BCUT2D eigenvalue weighted by atomic mass is 32.1. The van der Waals surface area contributed by atoms with E-state index in [0.29, 0.717) is 17.5 Å². The highest BCUT2D eigenvalue weighted by molar-refractivity contribution is 7.22. The fourth-order valence-electron chi connectivity index (χ4n) is 2.22.